The molecule has 2 fully saturated rings. The Balaban J connectivity index is 1.82. The highest BCUT2D eigenvalue weighted by molar-refractivity contribution is 5.85. The predicted octanol–water partition coefficient (Wildman–Crippen LogP) is 1.35. The second-order valence-electron chi connectivity index (χ2n) is 7.94. The van der Waals surface area contributed by atoms with Crippen LogP contribution in [-0.4, -0.2) is 74.8 Å². The SMILES string of the molecule is CCNC(=NCC(=O)NC1CCCCC1)NCC(C(C)C)N1CCOCC1. The molecule has 0 aromatic heterocycles. The van der Waals surface area contributed by atoms with Gasteiger partial charge in [-0.1, -0.05) is 33.1 Å². The number of ether oxygens (including phenoxy) is 1. The topological polar surface area (TPSA) is 78.0 Å². The molecule has 0 aromatic carbocycles. The molecule has 7 nitrogen and oxygen atoms in total. The summed E-state index contributed by atoms with van der Waals surface area (Å²) >= 11 is 0. The molecule has 0 bridgehead atoms. The van der Waals surface area contributed by atoms with Crippen LogP contribution in [-0.2, 0) is 9.53 Å². The molecule has 1 unspecified atom stereocenters. The minimum atomic E-state index is 0.0210. The molecule has 1 saturated carbocycles. The van der Waals surface area contributed by atoms with E-state index in [4.69, 9.17) is 4.74 Å². The van der Waals surface area contributed by atoms with Gasteiger partial charge in [-0.25, -0.2) is 4.99 Å². The molecule has 156 valence electrons. The maximum absolute atomic E-state index is 12.2. The van der Waals surface area contributed by atoms with Crippen LogP contribution in [0, 0.1) is 5.92 Å². The normalized spacial score (nSPS) is 21.1. The monoisotopic (exact) mass is 381 g/mol. The summed E-state index contributed by atoms with van der Waals surface area (Å²) in [5, 5.41) is 9.82. The Hall–Kier alpha value is -1.34. The lowest BCUT2D eigenvalue weighted by molar-refractivity contribution is -0.120. The molecule has 3 N–H and O–H groups in total. The van der Waals surface area contributed by atoms with Crippen LogP contribution in [0.1, 0.15) is 52.9 Å². The summed E-state index contributed by atoms with van der Waals surface area (Å²) in [7, 11) is 0. The van der Waals surface area contributed by atoms with Gasteiger partial charge < -0.3 is 20.7 Å². The first kappa shape index (κ1) is 22.0. The molecule has 1 atom stereocenters. The van der Waals surface area contributed by atoms with Gasteiger partial charge in [0.25, 0.3) is 0 Å². The smallest absolute Gasteiger partial charge is 0.242 e. The molecule has 1 amide bonds. The van der Waals surface area contributed by atoms with Gasteiger partial charge in [0.15, 0.2) is 5.96 Å². The Morgan fingerprint density at radius 2 is 1.85 bits per heavy atom. The molecule has 1 saturated heterocycles. The Morgan fingerprint density at radius 3 is 2.48 bits per heavy atom. The zero-order valence-electron chi connectivity index (χ0n) is 17.4. The van der Waals surface area contributed by atoms with Gasteiger partial charge in [-0.15, -0.1) is 0 Å². The van der Waals surface area contributed by atoms with Crippen LogP contribution < -0.4 is 16.0 Å². The summed E-state index contributed by atoms with van der Waals surface area (Å²) in [5.41, 5.74) is 0. The molecule has 2 aliphatic rings. The molecule has 7 heteroatoms. The highest BCUT2D eigenvalue weighted by atomic mass is 16.5. The van der Waals surface area contributed by atoms with Crippen molar-refractivity contribution in [3.63, 3.8) is 0 Å². The van der Waals surface area contributed by atoms with Gasteiger partial charge in [-0.3, -0.25) is 9.69 Å². The molecule has 0 spiro atoms. The van der Waals surface area contributed by atoms with Crippen molar-refractivity contribution in [2.45, 2.75) is 65.0 Å². The van der Waals surface area contributed by atoms with Crippen LogP contribution in [0.4, 0.5) is 0 Å². The van der Waals surface area contributed by atoms with Crippen molar-refractivity contribution >= 4 is 11.9 Å². The van der Waals surface area contributed by atoms with Gasteiger partial charge in [0, 0.05) is 38.3 Å². The first-order chi connectivity index (χ1) is 13.1. The summed E-state index contributed by atoms with van der Waals surface area (Å²) in [5.74, 6) is 1.27. The van der Waals surface area contributed by atoms with E-state index < -0.39 is 0 Å². The average molecular weight is 382 g/mol. The van der Waals surface area contributed by atoms with Crippen molar-refractivity contribution < 1.29 is 9.53 Å². The van der Waals surface area contributed by atoms with Gasteiger partial charge in [0.1, 0.15) is 6.54 Å². The summed E-state index contributed by atoms with van der Waals surface area (Å²) in [6.07, 6.45) is 5.93. The quantitative estimate of drug-likeness (QED) is 0.437. The minimum absolute atomic E-state index is 0.0210. The second-order valence-corrected chi connectivity index (χ2v) is 7.94. The van der Waals surface area contributed by atoms with E-state index in [-0.39, 0.29) is 12.5 Å². The van der Waals surface area contributed by atoms with Crippen LogP contribution in [0.15, 0.2) is 4.99 Å². The largest absolute Gasteiger partial charge is 0.379 e. The van der Waals surface area contributed by atoms with E-state index in [1.165, 1.54) is 19.3 Å². The Morgan fingerprint density at radius 1 is 1.15 bits per heavy atom. The lowest BCUT2D eigenvalue weighted by Gasteiger charge is -2.37. The number of aliphatic imine (C=N–C) groups is 1. The molecular formula is C20H39N5O2. The first-order valence-corrected chi connectivity index (χ1v) is 10.7. The molecule has 1 aliphatic carbocycles. The minimum Gasteiger partial charge on any atom is -0.379 e. The predicted molar refractivity (Wildman–Crippen MR) is 110 cm³/mol. The summed E-state index contributed by atoms with van der Waals surface area (Å²) in [6.45, 7) is 11.9. The van der Waals surface area contributed by atoms with Gasteiger partial charge >= 0.3 is 0 Å². The highest BCUT2D eigenvalue weighted by Gasteiger charge is 2.24. The molecular weight excluding hydrogens is 342 g/mol. The van der Waals surface area contributed by atoms with E-state index in [1.54, 1.807) is 0 Å². The van der Waals surface area contributed by atoms with Gasteiger partial charge in [0.2, 0.25) is 5.91 Å². The number of carbonyl (C=O) groups is 1. The molecule has 1 heterocycles. The van der Waals surface area contributed by atoms with E-state index in [0.717, 1.165) is 58.2 Å². The molecule has 2 rings (SSSR count). The van der Waals surface area contributed by atoms with Crippen LogP contribution in [0.3, 0.4) is 0 Å². The second kappa shape index (κ2) is 12.2. The van der Waals surface area contributed by atoms with Crippen LogP contribution >= 0.6 is 0 Å². The lowest BCUT2D eigenvalue weighted by Crippen LogP contribution is -2.52. The van der Waals surface area contributed by atoms with E-state index >= 15 is 0 Å². The fourth-order valence-corrected chi connectivity index (χ4v) is 3.91. The summed E-state index contributed by atoms with van der Waals surface area (Å²) in [6, 6.07) is 0.762. The molecule has 1 aliphatic heterocycles. The molecule has 27 heavy (non-hydrogen) atoms. The van der Waals surface area contributed by atoms with Gasteiger partial charge in [-0.05, 0) is 25.7 Å². The maximum Gasteiger partial charge on any atom is 0.242 e. The van der Waals surface area contributed by atoms with Crippen molar-refractivity contribution in [3.05, 3.63) is 0 Å². The third-order valence-corrected chi connectivity index (χ3v) is 5.46. The number of carbonyl (C=O) groups excluding carboxylic acids is 1. The number of rotatable bonds is 8. The first-order valence-electron chi connectivity index (χ1n) is 10.7. The van der Waals surface area contributed by atoms with E-state index in [2.05, 4.69) is 39.7 Å². The van der Waals surface area contributed by atoms with E-state index in [1.807, 2.05) is 6.92 Å². The van der Waals surface area contributed by atoms with Crippen LogP contribution in [0.25, 0.3) is 0 Å². The molecule has 0 aromatic rings. The lowest BCUT2D eigenvalue weighted by atomic mass is 9.95. The van der Waals surface area contributed by atoms with Crippen molar-refractivity contribution in [1.82, 2.24) is 20.9 Å². The number of hydrogen-bond acceptors (Lipinski definition) is 4. The number of hydrogen-bond donors (Lipinski definition) is 3. The number of morpholine rings is 1. The number of amides is 1. The standard InChI is InChI=1S/C20H39N5O2/c1-4-21-20(23-15-19(26)24-17-8-6-5-7-9-17)22-14-18(16(2)3)25-10-12-27-13-11-25/h16-18H,4-15H2,1-3H3,(H,24,26)(H2,21,22,23). The number of guanidine groups is 1. The molecule has 0 radical (unpaired) electrons. The number of nitrogens with zero attached hydrogens (tertiary/aromatic N) is 2. The zero-order valence-corrected chi connectivity index (χ0v) is 17.4. The Labute approximate surface area is 164 Å². The van der Waals surface area contributed by atoms with Crippen molar-refractivity contribution in [2.24, 2.45) is 10.9 Å². The Bertz CT molecular complexity index is 457. The van der Waals surface area contributed by atoms with Crippen molar-refractivity contribution in [2.75, 3.05) is 45.9 Å². The fourth-order valence-electron chi connectivity index (χ4n) is 3.91. The van der Waals surface area contributed by atoms with Gasteiger partial charge in [0.05, 0.1) is 13.2 Å². The number of nitrogens with one attached hydrogen (secondary N) is 3. The van der Waals surface area contributed by atoms with Gasteiger partial charge in [-0.2, -0.15) is 0 Å². The Kier molecular flexibility index (Phi) is 9.91. The third kappa shape index (κ3) is 8.05. The fraction of sp³-hybridized carbons (Fsp3) is 0.900. The van der Waals surface area contributed by atoms with Crippen molar-refractivity contribution in [1.29, 1.82) is 0 Å². The van der Waals surface area contributed by atoms with E-state index in [9.17, 15) is 4.79 Å². The average Bonchev–Trinajstić information content (AvgIpc) is 2.67. The maximum atomic E-state index is 12.2. The zero-order chi connectivity index (χ0) is 19.5. The summed E-state index contributed by atoms with van der Waals surface area (Å²) < 4.78 is 5.48. The summed E-state index contributed by atoms with van der Waals surface area (Å²) in [4.78, 5) is 19.2. The van der Waals surface area contributed by atoms with Crippen LogP contribution in [0.2, 0.25) is 0 Å². The highest BCUT2D eigenvalue weighted by Crippen LogP contribution is 2.17. The van der Waals surface area contributed by atoms with E-state index in [0.29, 0.717) is 18.0 Å². The van der Waals surface area contributed by atoms with Crippen LogP contribution in [0.5, 0.6) is 0 Å². The van der Waals surface area contributed by atoms with Crippen molar-refractivity contribution in [3.8, 4) is 0 Å². The third-order valence-electron chi connectivity index (χ3n) is 5.46.